The van der Waals surface area contributed by atoms with Crippen molar-refractivity contribution in [3.63, 3.8) is 0 Å². The number of aryl methyl sites for hydroxylation is 1. The Hall–Kier alpha value is -2.40. The van der Waals surface area contributed by atoms with Crippen LogP contribution in [-0.2, 0) is 0 Å². The van der Waals surface area contributed by atoms with E-state index in [2.05, 4.69) is 5.16 Å². The van der Waals surface area contributed by atoms with E-state index in [1.165, 1.54) is 6.26 Å². The standard InChI is InChI=1S/C15H13ClN2O3/c1-8-3-4-9(7-11(8)19-2)12-13(21-18-15(12)17)10-5-6-20-14(10)16/h3-7H,1-2H3,(H2,17,18). The van der Waals surface area contributed by atoms with E-state index in [0.717, 1.165) is 16.9 Å². The molecule has 0 fully saturated rings. The van der Waals surface area contributed by atoms with E-state index < -0.39 is 0 Å². The molecule has 6 heteroatoms. The molecular weight excluding hydrogens is 292 g/mol. The zero-order valence-electron chi connectivity index (χ0n) is 11.5. The van der Waals surface area contributed by atoms with Crippen LogP contribution in [0, 0.1) is 6.92 Å². The van der Waals surface area contributed by atoms with Gasteiger partial charge in [-0.2, -0.15) is 0 Å². The van der Waals surface area contributed by atoms with Crippen molar-refractivity contribution in [1.82, 2.24) is 5.16 Å². The third-order valence-corrected chi connectivity index (χ3v) is 3.57. The lowest BCUT2D eigenvalue weighted by atomic mass is 10.0. The number of nitrogens with two attached hydrogens (primary N) is 1. The number of anilines is 1. The molecule has 0 unspecified atom stereocenters. The van der Waals surface area contributed by atoms with Crippen LogP contribution < -0.4 is 10.5 Å². The number of benzene rings is 1. The maximum atomic E-state index is 6.01. The Morgan fingerprint density at radius 3 is 2.76 bits per heavy atom. The van der Waals surface area contributed by atoms with Gasteiger partial charge in [-0.3, -0.25) is 0 Å². The first-order valence-electron chi connectivity index (χ1n) is 6.25. The van der Waals surface area contributed by atoms with Gasteiger partial charge in [-0.05, 0) is 41.8 Å². The van der Waals surface area contributed by atoms with E-state index in [1.807, 2.05) is 25.1 Å². The molecule has 2 N–H and O–H groups in total. The SMILES string of the molecule is COc1cc(-c2c(N)noc2-c2ccoc2Cl)ccc1C. The Morgan fingerprint density at radius 2 is 2.10 bits per heavy atom. The molecule has 0 aliphatic heterocycles. The van der Waals surface area contributed by atoms with Crippen LogP contribution in [0.15, 0.2) is 39.5 Å². The summed E-state index contributed by atoms with van der Waals surface area (Å²) in [6.45, 7) is 1.97. The normalized spacial score (nSPS) is 10.8. The van der Waals surface area contributed by atoms with E-state index in [9.17, 15) is 0 Å². The molecule has 3 rings (SSSR count). The van der Waals surface area contributed by atoms with Crippen molar-refractivity contribution in [3.8, 4) is 28.2 Å². The highest BCUT2D eigenvalue weighted by Gasteiger charge is 2.21. The van der Waals surface area contributed by atoms with Crippen molar-refractivity contribution in [1.29, 1.82) is 0 Å². The fourth-order valence-electron chi connectivity index (χ4n) is 2.20. The lowest BCUT2D eigenvalue weighted by Crippen LogP contribution is -1.91. The molecule has 21 heavy (non-hydrogen) atoms. The van der Waals surface area contributed by atoms with Gasteiger partial charge in [0.05, 0.1) is 24.5 Å². The molecule has 3 aromatic rings. The zero-order valence-corrected chi connectivity index (χ0v) is 12.3. The molecule has 0 saturated carbocycles. The van der Waals surface area contributed by atoms with Crippen LogP contribution in [0.5, 0.6) is 5.75 Å². The monoisotopic (exact) mass is 304 g/mol. The summed E-state index contributed by atoms with van der Waals surface area (Å²) in [6, 6.07) is 7.46. The average molecular weight is 305 g/mol. The molecule has 2 aromatic heterocycles. The van der Waals surface area contributed by atoms with Crippen molar-refractivity contribution < 1.29 is 13.7 Å². The summed E-state index contributed by atoms with van der Waals surface area (Å²) in [7, 11) is 1.62. The summed E-state index contributed by atoms with van der Waals surface area (Å²) in [4.78, 5) is 0. The van der Waals surface area contributed by atoms with Gasteiger partial charge in [0.2, 0.25) is 5.22 Å². The summed E-state index contributed by atoms with van der Waals surface area (Å²) >= 11 is 6.01. The molecule has 0 aliphatic rings. The number of hydrogen-bond acceptors (Lipinski definition) is 5. The number of halogens is 1. The average Bonchev–Trinajstić information content (AvgIpc) is 3.05. The maximum absolute atomic E-state index is 6.01. The molecule has 0 amide bonds. The first-order chi connectivity index (χ1) is 10.1. The van der Waals surface area contributed by atoms with Crippen molar-refractivity contribution >= 4 is 17.4 Å². The van der Waals surface area contributed by atoms with E-state index in [0.29, 0.717) is 16.9 Å². The zero-order chi connectivity index (χ0) is 15.0. The topological polar surface area (TPSA) is 74.4 Å². The summed E-state index contributed by atoms with van der Waals surface area (Å²) in [5.74, 6) is 1.52. The predicted octanol–water partition coefficient (Wildman–Crippen LogP) is 4.15. The second-order valence-electron chi connectivity index (χ2n) is 4.56. The lowest BCUT2D eigenvalue weighted by Gasteiger charge is -2.07. The van der Waals surface area contributed by atoms with Gasteiger partial charge < -0.3 is 19.4 Å². The Morgan fingerprint density at radius 1 is 1.29 bits per heavy atom. The van der Waals surface area contributed by atoms with Gasteiger partial charge >= 0.3 is 0 Å². The van der Waals surface area contributed by atoms with Crippen molar-refractivity contribution in [2.45, 2.75) is 6.92 Å². The quantitative estimate of drug-likeness (QED) is 0.786. The first kappa shape index (κ1) is 13.6. The molecular formula is C15H13ClN2O3. The summed E-state index contributed by atoms with van der Waals surface area (Å²) in [5, 5.41) is 4.06. The highest BCUT2D eigenvalue weighted by molar-refractivity contribution is 6.31. The van der Waals surface area contributed by atoms with Crippen LogP contribution in [0.2, 0.25) is 5.22 Å². The van der Waals surface area contributed by atoms with Gasteiger partial charge in [-0.25, -0.2) is 0 Å². The highest BCUT2D eigenvalue weighted by Crippen LogP contribution is 2.41. The number of methoxy groups -OCH3 is 1. The number of ether oxygens (including phenoxy) is 1. The van der Waals surface area contributed by atoms with Crippen molar-refractivity contribution in [2.24, 2.45) is 0 Å². The van der Waals surface area contributed by atoms with Gasteiger partial charge in [0.25, 0.3) is 0 Å². The van der Waals surface area contributed by atoms with Crippen LogP contribution in [0.4, 0.5) is 5.82 Å². The Balaban J connectivity index is 2.19. The van der Waals surface area contributed by atoms with Crippen LogP contribution in [-0.4, -0.2) is 12.3 Å². The highest BCUT2D eigenvalue weighted by atomic mass is 35.5. The molecule has 0 atom stereocenters. The molecule has 5 nitrogen and oxygen atoms in total. The number of hydrogen-bond donors (Lipinski definition) is 1. The molecule has 1 aromatic carbocycles. The minimum absolute atomic E-state index is 0.228. The second kappa shape index (κ2) is 5.18. The second-order valence-corrected chi connectivity index (χ2v) is 4.91. The number of aromatic nitrogens is 1. The number of nitrogen functional groups attached to an aromatic ring is 1. The van der Waals surface area contributed by atoms with Crippen LogP contribution in [0.1, 0.15) is 5.56 Å². The van der Waals surface area contributed by atoms with E-state index in [1.54, 1.807) is 13.2 Å². The molecule has 2 heterocycles. The molecule has 0 saturated heterocycles. The Bertz CT molecular complexity index is 792. The molecule has 0 spiro atoms. The van der Waals surface area contributed by atoms with Crippen LogP contribution >= 0.6 is 11.6 Å². The summed E-state index contributed by atoms with van der Waals surface area (Å²) in [6.07, 6.45) is 1.48. The van der Waals surface area contributed by atoms with Gasteiger partial charge in [0.1, 0.15) is 5.75 Å². The Labute approximate surface area is 126 Å². The fraction of sp³-hybridized carbons (Fsp3) is 0.133. The molecule has 0 aliphatic carbocycles. The van der Waals surface area contributed by atoms with Crippen molar-refractivity contribution in [3.05, 3.63) is 41.3 Å². The molecule has 0 bridgehead atoms. The third-order valence-electron chi connectivity index (χ3n) is 3.28. The number of nitrogens with zero attached hydrogens (tertiary/aromatic N) is 1. The van der Waals surface area contributed by atoms with Gasteiger partial charge in [-0.15, -0.1) is 0 Å². The van der Waals surface area contributed by atoms with Gasteiger partial charge in [0, 0.05) is 0 Å². The summed E-state index contributed by atoms with van der Waals surface area (Å²) in [5.41, 5.74) is 9.07. The van der Waals surface area contributed by atoms with Crippen LogP contribution in [0.3, 0.4) is 0 Å². The van der Waals surface area contributed by atoms with Crippen LogP contribution in [0.25, 0.3) is 22.5 Å². The smallest absolute Gasteiger partial charge is 0.204 e. The van der Waals surface area contributed by atoms with Crippen molar-refractivity contribution in [2.75, 3.05) is 12.8 Å². The van der Waals surface area contributed by atoms with E-state index in [4.69, 9.17) is 31.0 Å². The van der Waals surface area contributed by atoms with E-state index >= 15 is 0 Å². The lowest BCUT2D eigenvalue weighted by molar-refractivity contribution is 0.412. The minimum Gasteiger partial charge on any atom is -0.496 e. The minimum atomic E-state index is 0.228. The first-order valence-corrected chi connectivity index (χ1v) is 6.63. The maximum Gasteiger partial charge on any atom is 0.204 e. The third kappa shape index (κ3) is 2.25. The molecule has 0 radical (unpaired) electrons. The molecule has 108 valence electrons. The summed E-state index contributed by atoms with van der Waals surface area (Å²) < 4.78 is 15.8. The Kier molecular flexibility index (Phi) is 3.35. The van der Waals surface area contributed by atoms with E-state index in [-0.39, 0.29) is 11.0 Å². The number of furan rings is 1. The predicted molar refractivity (Wildman–Crippen MR) is 80.4 cm³/mol. The number of rotatable bonds is 3. The van der Waals surface area contributed by atoms with Gasteiger partial charge in [-0.1, -0.05) is 17.3 Å². The fourth-order valence-corrected chi connectivity index (χ4v) is 2.40. The van der Waals surface area contributed by atoms with Gasteiger partial charge in [0.15, 0.2) is 11.6 Å². The largest absolute Gasteiger partial charge is 0.496 e.